The van der Waals surface area contributed by atoms with Gasteiger partial charge in [0.05, 0.1) is 44.8 Å². The lowest BCUT2D eigenvalue weighted by Gasteiger charge is -2.09. The molecule has 0 aliphatic carbocycles. The van der Waals surface area contributed by atoms with Gasteiger partial charge in [0.2, 0.25) is 0 Å². The molecule has 0 spiro atoms. The number of hydrogen-bond acceptors (Lipinski definition) is 1. The summed E-state index contributed by atoms with van der Waals surface area (Å²) in [5, 5.41) is 17.6. The summed E-state index contributed by atoms with van der Waals surface area (Å²) in [6.45, 7) is 0. The molecule has 15 aromatic rings. The average Bonchev–Trinajstić information content (AvgIpc) is 4.09. The molecule has 0 saturated heterocycles. The van der Waals surface area contributed by atoms with E-state index in [1.165, 1.54) is 125 Å². The van der Waals surface area contributed by atoms with Gasteiger partial charge in [0.1, 0.15) is 5.65 Å². The first-order valence-electron chi connectivity index (χ1n) is 20.4. The molecule has 0 amide bonds. The zero-order valence-electron chi connectivity index (χ0n) is 31.6. The Balaban J connectivity index is 1.12. The second kappa shape index (κ2) is 10.5. The maximum absolute atomic E-state index is 5.48. The van der Waals surface area contributed by atoms with Gasteiger partial charge in [-0.15, -0.1) is 0 Å². The maximum atomic E-state index is 5.48. The van der Waals surface area contributed by atoms with E-state index in [2.05, 4.69) is 195 Å². The van der Waals surface area contributed by atoms with Crippen molar-refractivity contribution < 1.29 is 0 Å². The lowest BCUT2D eigenvalue weighted by molar-refractivity contribution is 1.18. The van der Waals surface area contributed by atoms with Crippen LogP contribution in [-0.4, -0.2) is 18.4 Å². The van der Waals surface area contributed by atoms with Crippen LogP contribution in [0.3, 0.4) is 0 Å². The first kappa shape index (κ1) is 30.2. The molecule has 6 heterocycles. The lowest BCUT2D eigenvalue weighted by Crippen LogP contribution is -1.93. The Morgan fingerprint density at radius 3 is 1.92 bits per heavy atom. The zero-order chi connectivity index (χ0) is 38.1. The molecule has 0 bridgehead atoms. The van der Waals surface area contributed by atoms with Crippen molar-refractivity contribution in [2.75, 3.05) is 0 Å². The molecule has 0 aliphatic heterocycles. The molecule has 0 fully saturated rings. The van der Waals surface area contributed by atoms with Crippen molar-refractivity contribution in [3.63, 3.8) is 0 Å². The molecule has 0 atom stereocenters. The van der Waals surface area contributed by atoms with E-state index in [9.17, 15) is 0 Å². The number of rotatable bonds is 2. The number of nitrogens with zero attached hydrogens (tertiary/aromatic N) is 4. The number of pyridine rings is 1. The molecule has 4 nitrogen and oxygen atoms in total. The highest BCUT2D eigenvalue weighted by Crippen LogP contribution is 2.50. The van der Waals surface area contributed by atoms with Gasteiger partial charge < -0.3 is 8.97 Å². The van der Waals surface area contributed by atoms with Crippen LogP contribution in [0.1, 0.15) is 0 Å². The van der Waals surface area contributed by atoms with Crippen molar-refractivity contribution in [1.29, 1.82) is 0 Å². The summed E-state index contributed by atoms with van der Waals surface area (Å²) in [6, 6.07) is 64.9. The normalized spacial score (nSPS) is 12.7. The third-order valence-electron chi connectivity index (χ3n) is 13.5. The van der Waals surface area contributed by atoms with E-state index in [1.807, 2.05) is 0 Å². The number of aromatic nitrogens is 4. The monoisotopic (exact) mass is 746 g/mol. The van der Waals surface area contributed by atoms with Gasteiger partial charge in [0, 0.05) is 70.5 Å². The Morgan fingerprint density at radius 1 is 0.339 bits per heavy atom. The SMILES string of the molecule is c1ccc(-n2c3ccccc3c3cc(-c4cccc5c6cc7ccccc7c7c8c9c%10cccc%11c%12ccc%13ccccc%13c%12n(c9ncc8n(c45)c67)c%11%10)ccc32)cc1. The molecule has 6 aromatic heterocycles. The van der Waals surface area contributed by atoms with Gasteiger partial charge in [-0.25, -0.2) is 4.98 Å². The highest BCUT2D eigenvalue weighted by atomic mass is 15.0. The maximum Gasteiger partial charge on any atom is 0.146 e. The van der Waals surface area contributed by atoms with Crippen LogP contribution in [-0.2, 0) is 0 Å². The molecular weight excluding hydrogens is 717 g/mol. The molecule has 0 unspecified atom stereocenters. The highest BCUT2D eigenvalue weighted by molar-refractivity contribution is 6.40. The Hall–Kier alpha value is -7.95. The summed E-state index contributed by atoms with van der Waals surface area (Å²) in [5.74, 6) is 0. The van der Waals surface area contributed by atoms with Crippen molar-refractivity contribution in [3.8, 4) is 16.8 Å². The fraction of sp³-hybridized carbons (Fsp3) is 0. The van der Waals surface area contributed by atoms with E-state index in [1.54, 1.807) is 0 Å². The topological polar surface area (TPSA) is 26.6 Å². The number of benzene rings is 9. The van der Waals surface area contributed by atoms with E-state index in [4.69, 9.17) is 4.98 Å². The Kier molecular flexibility index (Phi) is 5.38. The summed E-state index contributed by atoms with van der Waals surface area (Å²) in [7, 11) is 0. The van der Waals surface area contributed by atoms with Crippen LogP contribution in [0.4, 0.5) is 0 Å². The predicted molar refractivity (Wildman–Crippen MR) is 248 cm³/mol. The third-order valence-corrected chi connectivity index (χ3v) is 13.5. The fourth-order valence-electron chi connectivity index (χ4n) is 11.2. The molecule has 15 rings (SSSR count). The van der Waals surface area contributed by atoms with E-state index < -0.39 is 0 Å². The molecule has 9 aromatic carbocycles. The second-order valence-electron chi connectivity index (χ2n) is 16.3. The fourth-order valence-corrected chi connectivity index (χ4v) is 11.2. The molecule has 0 N–H and O–H groups in total. The molecular formula is C55H30N4. The molecule has 0 saturated carbocycles. The van der Waals surface area contributed by atoms with E-state index in [0.717, 1.165) is 11.2 Å². The minimum absolute atomic E-state index is 1.01. The molecule has 4 heteroatoms. The van der Waals surface area contributed by atoms with Gasteiger partial charge in [-0.05, 0) is 58.1 Å². The summed E-state index contributed by atoms with van der Waals surface area (Å²) in [6.07, 6.45) is 2.16. The van der Waals surface area contributed by atoms with Gasteiger partial charge in [0.25, 0.3) is 0 Å². The predicted octanol–water partition coefficient (Wildman–Crippen LogP) is 14.5. The minimum atomic E-state index is 1.01. The molecule has 0 aliphatic rings. The van der Waals surface area contributed by atoms with E-state index in [-0.39, 0.29) is 0 Å². The molecule has 59 heavy (non-hydrogen) atoms. The standard InChI is InChI=1S/C55H30N4/c1-2-14-34(15-3-1)57-45-23-9-8-18-38(45)43-28-33(25-27-46(43)57)37-19-10-21-40-44-29-32-13-5-6-16-35(32)48-50-47(58(51(37)40)54(44)48)30-56-55-49(50)42-22-11-20-39-41-26-24-31-12-4-7-17-36(31)52(41)59(55)53(39)42/h1-30H. The van der Waals surface area contributed by atoms with Gasteiger partial charge in [0.15, 0.2) is 0 Å². The number of hydrogen-bond donors (Lipinski definition) is 0. The number of para-hydroxylation sites is 4. The largest absolute Gasteiger partial charge is 0.309 e. The van der Waals surface area contributed by atoms with Gasteiger partial charge in [-0.3, -0.25) is 4.40 Å². The van der Waals surface area contributed by atoms with Gasteiger partial charge >= 0.3 is 0 Å². The number of fused-ring (bicyclic) bond motifs is 20. The van der Waals surface area contributed by atoms with Crippen LogP contribution >= 0.6 is 0 Å². The highest BCUT2D eigenvalue weighted by Gasteiger charge is 2.27. The smallest absolute Gasteiger partial charge is 0.146 e. The molecule has 270 valence electrons. The van der Waals surface area contributed by atoms with Gasteiger partial charge in [-0.2, -0.15) is 0 Å². The van der Waals surface area contributed by atoms with Crippen molar-refractivity contribution in [2.45, 2.75) is 0 Å². The Labute approximate surface area is 335 Å². The van der Waals surface area contributed by atoms with Crippen LogP contribution in [0, 0.1) is 0 Å². The van der Waals surface area contributed by atoms with Crippen molar-refractivity contribution >= 4 is 120 Å². The third kappa shape index (κ3) is 3.56. The van der Waals surface area contributed by atoms with Crippen LogP contribution in [0.5, 0.6) is 0 Å². The molecule has 0 radical (unpaired) electrons. The average molecular weight is 747 g/mol. The van der Waals surface area contributed by atoms with Crippen molar-refractivity contribution in [3.05, 3.63) is 182 Å². The van der Waals surface area contributed by atoms with Gasteiger partial charge in [-0.1, -0.05) is 140 Å². The Bertz CT molecular complexity index is 4300. The Morgan fingerprint density at radius 2 is 1.02 bits per heavy atom. The van der Waals surface area contributed by atoms with E-state index in [0.29, 0.717) is 0 Å². The second-order valence-corrected chi connectivity index (χ2v) is 16.3. The first-order chi connectivity index (χ1) is 29.3. The van der Waals surface area contributed by atoms with Crippen LogP contribution in [0.15, 0.2) is 182 Å². The van der Waals surface area contributed by atoms with Crippen molar-refractivity contribution in [2.24, 2.45) is 0 Å². The van der Waals surface area contributed by atoms with Crippen LogP contribution in [0.25, 0.3) is 136 Å². The summed E-state index contributed by atoms with van der Waals surface area (Å²) >= 11 is 0. The summed E-state index contributed by atoms with van der Waals surface area (Å²) in [4.78, 5) is 5.48. The van der Waals surface area contributed by atoms with Crippen molar-refractivity contribution in [1.82, 2.24) is 18.4 Å². The quantitative estimate of drug-likeness (QED) is 0.173. The summed E-state index contributed by atoms with van der Waals surface area (Å²) < 4.78 is 7.39. The summed E-state index contributed by atoms with van der Waals surface area (Å²) in [5.41, 5.74) is 13.1. The lowest BCUT2D eigenvalue weighted by atomic mass is 9.97. The first-order valence-corrected chi connectivity index (χ1v) is 20.4. The minimum Gasteiger partial charge on any atom is -0.309 e. The van der Waals surface area contributed by atoms with Crippen LogP contribution < -0.4 is 0 Å². The van der Waals surface area contributed by atoms with Crippen LogP contribution in [0.2, 0.25) is 0 Å². The van der Waals surface area contributed by atoms with E-state index >= 15 is 0 Å². The zero-order valence-corrected chi connectivity index (χ0v) is 31.6.